The maximum absolute atomic E-state index is 12.6. The van der Waals surface area contributed by atoms with E-state index in [2.05, 4.69) is 14.9 Å². The molecule has 4 heterocycles. The van der Waals surface area contributed by atoms with Gasteiger partial charge in [0.25, 0.3) is 0 Å². The molecule has 2 amide bonds. The highest BCUT2D eigenvalue weighted by Crippen LogP contribution is 2.22. The summed E-state index contributed by atoms with van der Waals surface area (Å²) >= 11 is 1.52. The van der Waals surface area contributed by atoms with Gasteiger partial charge in [-0.15, -0.1) is 11.3 Å². The van der Waals surface area contributed by atoms with E-state index < -0.39 is 0 Å². The van der Waals surface area contributed by atoms with E-state index in [-0.39, 0.29) is 11.8 Å². The number of hydrogen-bond donors (Lipinski definition) is 0. The van der Waals surface area contributed by atoms with E-state index in [1.165, 1.54) is 11.3 Å². The highest BCUT2D eigenvalue weighted by molar-refractivity contribution is 7.13. The smallest absolute Gasteiger partial charge is 0.236 e. The van der Waals surface area contributed by atoms with E-state index in [4.69, 9.17) is 0 Å². The molecule has 0 bridgehead atoms. The zero-order chi connectivity index (χ0) is 19.3. The zero-order valence-corrected chi connectivity index (χ0v) is 16.7. The second-order valence-electron chi connectivity index (χ2n) is 7.28. The summed E-state index contributed by atoms with van der Waals surface area (Å²) in [5.41, 5.74) is 1.63. The Bertz CT molecular complexity index is 811. The molecule has 2 saturated heterocycles. The van der Waals surface area contributed by atoms with Crippen LogP contribution < -0.4 is 0 Å². The van der Waals surface area contributed by atoms with Gasteiger partial charge in [0.1, 0.15) is 5.01 Å². The maximum atomic E-state index is 12.6. The lowest BCUT2D eigenvalue weighted by Gasteiger charge is -2.35. The summed E-state index contributed by atoms with van der Waals surface area (Å²) in [6.07, 6.45) is 4.30. The summed E-state index contributed by atoms with van der Waals surface area (Å²) in [4.78, 5) is 39.8. The van der Waals surface area contributed by atoms with Crippen molar-refractivity contribution >= 4 is 23.2 Å². The zero-order valence-electron chi connectivity index (χ0n) is 15.9. The second kappa shape index (κ2) is 8.79. The molecule has 0 radical (unpaired) electrons. The van der Waals surface area contributed by atoms with Crippen LogP contribution in [-0.2, 0) is 16.0 Å². The Labute approximate surface area is 169 Å². The Morgan fingerprint density at radius 2 is 1.71 bits per heavy atom. The third-order valence-corrected chi connectivity index (χ3v) is 6.22. The van der Waals surface area contributed by atoms with Gasteiger partial charge in [-0.25, -0.2) is 4.98 Å². The van der Waals surface area contributed by atoms with Crippen LogP contribution in [0.2, 0.25) is 0 Å². The lowest BCUT2D eigenvalue weighted by Crippen LogP contribution is -2.51. The van der Waals surface area contributed by atoms with Gasteiger partial charge in [-0.05, 0) is 25.0 Å². The Kier molecular flexibility index (Phi) is 5.97. The summed E-state index contributed by atoms with van der Waals surface area (Å²) in [7, 11) is 0. The average molecular weight is 400 g/mol. The van der Waals surface area contributed by atoms with Crippen molar-refractivity contribution in [2.45, 2.75) is 19.3 Å². The first-order chi connectivity index (χ1) is 13.7. The highest BCUT2D eigenvalue weighted by Gasteiger charge is 2.25. The van der Waals surface area contributed by atoms with Crippen molar-refractivity contribution < 1.29 is 9.59 Å². The predicted molar refractivity (Wildman–Crippen MR) is 108 cm³/mol. The molecule has 0 atom stereocenters. The van der Waals surface area contributed by atoms with Crippen molar-refractivity contribution in [2.24, 2.45) is 0 Å². The monoisotopic (exact) mass is 399 g/mol. The number of carbonyl (C=O) groups excluding carboxylic acids is 2. The Morgan fingerprint density at radius 3 is 2.43 bits per heavy atom. The molecule has 8 heteroatoms. The normalized spacial score (nSPS) is 17.9. The van der Waals surface area contributed by atoms with Gasteiger partial charge >= 0.3 is 0 Å². The Hall–Kier alpha value is -2.32. The Balaban J connectivity index is 1.25. The number of hydrogen-bond acceptors (Lipinski definition) is 6. The van der Waals surface area contributed by atoms with E-state index in [1.54, 1.807) is 6.20 Å². The van der Waals surface area contributed by atoms with E-state index in [0.717, 1.165) is 55.4 Å². The minimum Gasteiger partial charge on any atom is -0.342 e. The summed E-state index contributed by atoms with van der Waals surface area (Å²) in [5.74, 6) is 0.324. The molecule has 2 aromatic rings. The molecule has 148 valence electrons. The molecule has 0 spiro atoms. The summed E-state index contributed by atoms with van der Waals surface area (Å²) in [5, 5.41) is 2.78. The number of thiazole rings is 1. The van der Waals surface area contributed by atoms with Crippen LogP contribution in [-0.4, -0.2) is 82.3 Å². The number of rotatable bonds is 5. The van der Waals surface area contributed by atoms with Gasteiger partial charge in [0.05, 0.1) is 24.4 Å². The van der Waals surface area contributed by atoms with E-state index in [9.17, 15) is 9.59 Å². The number of carbonyl (C=O) groups is 2. The third-order valence-electron chi connectivity index (χ3n) is 5.31. The molecule has 28 heavy (non-hydrogen) atoms. The minimum atomic E-state index is 0.100. The summed E-state index contributed by atoms with van der Waals surface area (Å²) in [6.45, 7) is 5.11. The molecule has 0 N–H and O–H groups in total. The number of likely N-dealkylation sites (tertiary alicyclic amines) is 1. The van der Waals surface area contributed by atoms with Gasteiger partial charge in [-0.1, -0.05) is 6.07 Å². The SMILES string of the molecule is O=C(Cc1csc(-c2ccccn2)n1)N1CCN(CC(=O)N2CCCC2)CC1. The molecule has 7 nitrogen and oxygen atoms in total. The molecule has 2 aromatic heterocycles. The van der Waals surface area contributed by atoms with Crippen molar-refractivity contribution in [1.29, 1.82) is 0 Å². The lowest BCUT2D eigenvalue weighted by molar-refractivity contribution is -0.134. The number of pyridine rings is 1. The fourth-order valence-electron chi connectivity index (χ4n) is 3.68. The molecule has 0 aliphatic carbocycles. The molecular formula is C20H25N5O2S. The average Bonchev–Trinajstić information content (AvgIpc) is 3.41. The fourth-order valence-corrected chi connectivity index (χ4v) is 4.47. The maximum Gasteiger partial charge on any atom is 0.236 e. The topological polar surface area (TPSA) is 69.6 Å². The van der Waals surface area contributed by atoms with Crippen LogP contribution in [0.5, 0.6) is 0 Å². The molecule has 2 aliphatic heterocycles. The minimum absolute atomic E-state index is 0.100. The van der Waals surface area contributed by atoms with Crippen LogP contribution in [0.15, 0.2) is 29.8 Å². The van der Waals surface area contributed by atoms with Crippen molar-refractivity contribution in [3.8, 4) is 10.7 Å². The molecule has 0 unspecified atom stereocenters. The van der Waals surface area contributed by atoms with Crippen molar-refractivity contribution in [2.75, 3.05) is 45.8 Å². The third kappa shape index (κ3) is 4.56. The van der Waals surface area contributed by atoms with Crippen LogP contribution >= 0.6 is 11.3 Å². The number of amides is 2. The van der Waals surface area contributed by atoms with E-state index in [1.807, 2.05) is 33.4 Å². The van der Waals surface area contributed by atoms with Crippen LogP contribution in [0.25, 0.3) is 10.7 Å². The van der Waals surface area contributed by atoms with Gasteiger partial charge in [-0.3, -0.25) is 19.5 Å². The highest BCUT2D eigenvalue weighted by atomic mass is 32.1. The number of piperazine rings is 1. The fraction of sp³-hybridized carbons (Fsp3) is 0.500. The van der Waals surface area contributed by atoms with Crippen LogP contribution in [0.3, 0.4) is 0 Å². The quantitative estimate of drug-likeness (QED) is 0.762. The van der Waals surface area contributed by atoms with Gasteiger partial charge < -0.3 is 9.80 Å². The molecule has 2 aliphatic rings. The first-order valence-corrected chi connectivity index (χ1v) is 10.7. The number of aromatic nitrogens is 2. The van der Waals surface area contributed by atoms with Crippen LogP contribution in [0.1, 0.15) is 18.5 Å². The predicted octanol–water partition coefficient (Wildman–Crippen LogP) is 1.51. The molecular weight excluding hydrogens is 374 g/mol. The van der Waals surface area contributed by atoms with Crippen molar-refractivity contribution in [1.82, 2.24) is 24.7 Å². The largest absolute Gasteiger partial charge is 0.342 e. The van der Waals surface area contributed by atoms with Gasteiger partial charge in [0.2, 0.25) is 11.8 Å². The molecule has 2 fully saturated rings. The van der Waals surface area contributed by atoms with Crippen LogP contribution in [0, 0.1) is 0 Å². The van der Waals surface area contributed by atoms with E-state index in [0.29, 0.717) is 26.1 Å². The molecule has 4 rings (SSSR count). The number of nitrogens with zero attached hydrogens (tertiary/aromatic N) is 5. The van der Waals surface area contributed by atoms with Crippen molar-refractivity contribution in [3.63, 3.8) is 0 Å². The summed E-state index contributed by atoms with van der Waals surface area (Å²) in [6, 6.07) is 5.73. The van der Waals surface area contributed by atoms with Gasteiger partial charge in [-0.2, -0.15) is 0 Å². The van der Waals surface area contributed by atoms with Crippen LogP contribution in [0.4, 0.5) is 0 Å². The lowest BCUT2D eigenvalue weighted by atomic mass is 10.2. The molecule has 0 saturated carbocycles. The van der Waals surface area contributed by atoms with Gasteiger partial charge in [0.15, 0.2) is 0 Å². The van der Waals surface area contributed by atoms with Crippen molar-refractivity contribution in [3.05, 3.63) is 35.5 Å². The first kappa shape index (κ1) is 19.0. The van der Waals surface area contributed by atoms with E-state index >= 15 is 0 Å². The Morgan fingerprint density at radius 1 is 0.964 bits per heavy atom. The summed E-state index contributed by atoms with van der Waals surface area (Å²) < 4.78 is 0. The molecule has 0 aromatic carbocycles. The standard InChI is InChI=1S/C20H25N5O2S/c26-18(13-16-15-28-20(22-16)17-5-1-2-6-21-17)25-11-9-23(10-12-25)14-19(27)24-7-3-4-8-24/h1-2,5-6,15H,3-4,7-14H2. The first-order valence-electron chi connectivity index (χ1n) is 9.83. The second-order valence-corrected chi connectivity index (χ2v) is 8.14. The van der Waals surface area contributed by atoms with Gasteiger partial charge in [0, 0.05) is 50.8 Å².